The third-order valence-electron chi connectivity index (χ3n) is 2.77. The number of aromatic nitrogens is 3. The first-order valence-corrected chi connectivity index (χ1v) is 7.34. The van der Waals surface area contributed by atoms with Gasteiger partial charge in [0, 0.05) is 6.54 Å². The highest BCUT2D eigenvalue weighted by Gasteiger charge is 2.36. The molecule has 0 fully saturated rings. The van der Waals surface area contributed by atoms with Gasteiger partial charge < -0.3 is 5.32 Å². The molecule has 0 saturated heterocycles. The van der Waals surface area contributed by atoms with E-state index in [1.54, 1.807) is 0 Å². The Morgan fingerprint density at radius 1 is 1.54 bits per heavy atom. The standard InChI is InChI=1S/C12H8BrClF3N5O2/c1-2-3-18-10-6(12(15,16)17)4-7(14)11(20-10)21-9(13)8(5-19-21)22(23)24/h2,4-5H,1,3H2,(H,18,20). The fraction of sp³-hybridized carbons (Fsp3) is 0.167. The minimum absolute atomic E-state index is 0.0254. The molecule has 0 bridgehead atoms. The summed E-state index contributed by atoms with van der Waals surface area (Å²) in [5.74, 6) is -0.692. The summed E-state index contributed by atoms with van der Waals surface area (Å²) in [4.78, 5) is 14.0. The Balaban J connectivity index is 2.63. The molecule has 2 aromatic heterocycles. The van der Waals surface area contributed by atoms with Crippen molar-refractivity contribution in [1.29, 1.82) is 0 Å². The molecular formula is C12H8BrClF3N5O2. The molecule has 0 unspecified atom stereocenters. The lowest BCUT2D eigenvalue weighted by molar-refractivity contribution is -0.385. The van der Waals surface area contributed by atoms with Gasteiger partial charge in [-0.05, 0) is 22.0 Å². The highest BCUT2D eigenvalue weighted by Crippen LogP contribution is 2.38. The SMILES string of the molecule is C=CCNc1nc(-n2ncc([N+](=O)[O-])c2Br)c(Cl)cc1C(F)(F)F. The fourth-order valence-corrected chi connectivity index (χ4v) is 2.48. The first kappa shape index (κ1) is 18.2. The third-order valence-corrected chi connectivity index (χ3v) is 3.79. The van der Waals surface area contributed by atoms with E-state index in [9.17, 15) is 23.3 Å². The summed E-state index contributed by atoms with van der Waals surface area (Å²) >= 11 is 8.83. The predicted octanol–water partition coefficient (Wildman–Crippen LogP) is 4.21. The number of halogens is 5. The van der Waals surface area contributed by atoms with Crippen LogP contribution in [0.5, 0.6) is 0 Å². The summed E-state index contributed by atoms with van der Waals surface area (Å²) in [6, 6.07) is 0.676. The Labute approximate surface area is 146 Å². The zero-order valence-electron chi connectivity index (χ0n) is 11.6. The van der Waals surface area contributed by atoms with Gasteiger partial charge in [0.1, 0.15) is 12.0 Å². The summed E-state index contributed by atoms with van der Waals surface area (Å²) in [5.41, 5.74) is -1.45. The van der Waals surface area contributed by atoms with Crippen LogP contribution in [-0.2, 0) is 6.18 Å². The van der Waals surface area contributed by atoms with Crippen LogP contribution >= 0.6 is 27.5 Å². The van der Waals surface area contributed by atoms with Crippen molar-refractivity contribution in [2.24, 2.45) is 0 Å². The van der Waals surface area contributed by atoms with E-state index in [0.29, 0.717) is 6.07 Å². The lowest BCUT2D eigenvalue weighted by atomic mass is 10.2. The van der Waals surface area contributed by atoms with Gasteiger partial charge in [-0.1, -0.05) is 17.7 Å². The van der Waals surface area contributed by atoms with Gasteiger partial charge in [0.25, 0.3) is 0 Å². The van der Waals surface area contributed by atoms with Crippen LogP contribution in [0.15, 0.2) is 29.5 Å². The third kappa shape index (κ3) is 3.51. The number of alkyl halides is 3. The van der Waals surface area contributed by atoms with Gasteiger partial charge in [0.15, 0.2) is 10.4 Å². The molecule has 128 valence electrons. The molecule has 0 aliphatic rings. The Morgan fingerprint density at radius 3 is 2.71 bits per heavy atom. The van der Waals surface area contributed by atoms with Crippen LogP contribution in [-0.4, -0.2) is 26.2 Å². The molecule has 0 amide bonds. The zero-order valence-corrected chi connectivity index (χ0v) is 14.0. The van der Waals surface area contributed by atoms with Crippen molar-refractivity contribution in [3.8, 4) is 5.82 Å². The fourth-order valence-electron chi connectivity index (χ4n) is 1.74. The summed E-state index contributed by atoms with van der Waals surface area (Å²) in [6.07, 6.45) is -2.41. The molecule has 12 heteroatoms. The molecule has 24 heavy (non-hydrogen) atoms. The van der Waals surface area contributed by atoms with Crippen molar-refractivity contribution in [2.45, 2.75) is 6.18 Å². The van der Waals surface area contributed by atoms with Crippen LogP contribution in [0.4, 0.5) is 24.7 Å². The number of nitrogens with zero attached hydrogens (tertiary/aromatic N) is 4. The minimum Gasteiger partial charge on any atom is -0.366 e. The normalized spacial score (nSPS) is 11.4. The van der Waals surface area contributed by atoms with Crippen molar-refractivity contribution in [3.63, 3.8) is 0 Å². The second kappa shape index (κ2) is 6.77. The molecule has 0 atom stereocenters. The number of hydrogen-bond donors (Lipinski definition) is 1. The van der Waals surface area contributed by atoms with Gasteiger partial charge in [0.2, 0.25) is 0 Å². The topological polar surface area (TPSA) is 85.9 Å². The quantitative estimate of drug-likeness (QED) is 0.440. The molecule has 0 aliphatic heterocycles. The van der Waals surface area contributed by atoms with E-state index in [-0.39, 0.29) is 27.7 Å². The summed E-state index contributed by atoms with van der Waals surface area (Å²) in [5, 5.41) is 16.7. The molecule has 0 aliphatic carbocycles. The van der Waals surface area contributed by atoms with Gasteiger partial charge in [-0.15, -0.1) is 6.58 Å². The predicted molar refractivity (Wildman–Crippen MR) is 84.4 cm³/mol. The average molecular weight is 427 g/mol. The Morgan fingerprint density at radius 2 is 2.21 bits per heavy atom. The first-order valence-electron chi connectivity index (χ1n) is 6.17. The molecule has 2 heterocycles. The Hall–Kier alpha value is -2.14. The largest absolute Gasteiger partial charge is 0.420 e. The number of nitro groups is 1. The van der Waals surface area contributed by atoms with Gasteiger partial charge in [-0.25, -0.2) is 4.98 Å². The first-order chi connectivity index (χ1) is 11.2. The molecule has 0 spiro atoms. The van der Waals surface area contributed by atoms with Crippen LogP contribution in [0.3, 0.4) is 0 Å². The van der Waals surface area contributed by atoms with E-state index in [1.807, 2.05) is 0 Å². The van der Waals surface area contributed by atoms with Crippen molar-refractivity contribution >= 4 is 39.0 Å². The van der Waals surface area contributed by atoms with Gasteiger partial charge in [0.05, 0.1) is 15.5 Å². The zero-order chi connectivity index (χ0) is 18.1. The average Bonchev–Trinajstić information content (AvgIpc) is 2.86. The highest BCUT2D eigenvalue weighted by molar-refractivity contribution is 9.10. The van der Waals surface area contributed by atoms with E-state index in [0.717, 1.165) is 10.9 Å². The molecule has 1 N–H and O–H groups in total. The van der Waals surface area contributed by atoms with Gasteiger partial charge in [-0.2, -0.15) is 23.0 Å². The maximum atomic E-state index is 13.1. The monoisotopic (exact) mass is 425 g/mol. The Kier molecular flexibility index (Phi) is 5.13. The van der Waals surface area contributed by atoms with Crippen LogP contribution in [0.1, 0.15) is 5.56 Å². The Bertz CT molecular complexity index is 809. The molecule has 0 saturated carbocycles. The molecule has 2 rings (SSSR count). The second-order valence-corrected chi connectivity index (χ2v) is 5.51. The summed E-state index contributed by atoms with van der Waals surface area (Å²) in [6.45, 7) is 3.43. The number of nitrogens with one attached hydrogen (secondary N) is 1. The molecule has 0 aromatic carbocycles. The number of anilines is 1. The van der Waals surface area contributed by atoms with Crippen molar-refractivity contribution in [1.82, 2.24) is 14.8 Å². The second-order valence-electron chi connectivity index (χ2n) is 4.35. The van der Waals surface area contributed by atoms with E-state index < -0.39 is 22.5 Å². The molecule has 0 radical (unpaired) electrons. The number of rotatable bonds is 5. The lowest BCUT2D eigenvalue weighted by Crippen LogP contribution is -2.15. The van der Waals surface area contributed by atoms with Crippen molar-refractivity contribution in [3.05, 3.63) is 50.2 Å². The molecule has 2 aromatic rings. The van der Waals surface area contributed by atoms with E-state index in [1.165, 1.54) is 6.08 Å². The van der Waals surface area contributed by atoms with Crippen molar-refractivity contribution in [2.75, 3.05) is 11.9 Å². The number of pyridine rings is 1. The van der Waals surface area contributed by atoms with Crippen LogP contribution in [0.2, 0.25) is 5.02 Å². The smallest absolute Gasteiger partial charge is 0.366 e. The maximum Gasteiger partial charge on any atom is 0.420 e. The van der Waals surface area contributed by atoms with E-state index in [2.05, 4.69) is 37.9 Å². The van der Waals surface area contributed by atoms with E-state index in [4.69, 9.17) is 11.6 Å². The maximum absolute atomic E-state index is 13.1. The highest BCUT2D eigenvalue weighted by atomic mass is 79.9. The van der Waals surface area contributed by atoms with E-state index >= 15 is 0 Å². The molecular weight excluding hydrogens is 419 g/mol. The summed E-state index contributed by atoms with van der Waals surface area (Å²) < 4.78 is 40.1. The lowest BCUT2D eigenvalue weighted by Gasteiger charge is -2.15. The van der Waals surface area contributed by atoms with Crippen molar-refractivity contribution < 1.29 is 18.1 Å². The van der Waals surface area contributed by atoms with Crippen LogP contribution in [0, 0.1) is 10.1 Å². The minimum atomic E-state index is -4.69. The van der Waals surface area contributed by atoms with Gasteiger partial charge >= 0.3 is 11.9 Å². The number of hydrogen-bond acceptors (Lipinski definition) is 5. The van der Waals surface area contributed by atoms with Crippen LogP contribution in [0.25, 0.3) is 5.82 Å². The molecule has 7 nitrogen and oxygen atoms in total. The van der Waals surface area contributed by atoms with Crippen LogP contribution < -0.4 is 5.32 Å². The van der Waals surface area contributed by atoms with Gasteiger partial charge in [-0.3, -0.25) is 10.1 Å². The summed E-state index contributed by atoms with van der Waals surface area (Å²) in [7, 11) is 0.